The van der Waals surface area contributed by atoms with Gasteiger partial charge in [0.2, 0.25) is 0 Å². The maximum Gasteiger partial charge on any atom is 0.253 e. The van der Waals surface area contributed by atoms with Gasteiger partial charge in [0.1, 0.15) is 0 Å². The minimum atomic E-state index is -0.223. The second-order valence-corrected chi connectivity index (χ2v) is 5.35. The number of carbonyl (C=O) groups is 1. The van der Waals surface area contributed by atoms with Gasteiger partial charge in [0.15, 0.2) is 0 Å². The normalized spacial score (nSPS) is 12.0. The van der Waals surface area contributed by atoms with Crippen LogP contribution >= 0.6 is 11.6 Å². The van der Waals surface area contributed by atoms with E-state index in [1.165, 1.54) is 0 Å². The van der Waals surface area contributed by atoms with Crippen molar-refractivity contribution < 1.29 is 9.90 Å². The van der Waals surface area contributed by atoms with E-state index in [9.17, 15) is 4.79 Å². The Morgan fingerprint density at radius 2 is 1.90 bits per heavy atom. The monoisotopic (exact) mass is 303 g/mol. The van der Waals surface area contributed by atoms with Crippen LogP contribution < -0.4 is 5.32 Å². The van der Waals surface area contributed by atoms with Gasteiger partial charge < -0.3 is 10.4 Å². The molecular weight excluding hydrogens is 286 g/mol. The molecule has 0 aliphatic heterocycles. The van der Waals surface area contributed by atoms with Gasteiger partial charge in [0.25, 0.3) is 5.91 Å². The predicted octanol–water partition coefficient (Wildman–Crippen LogP) is 3.51. The molecule has 2 rings (SSSR count). The maximum atomic E-state index is 12.3. The van der Waals surface area contributed by atoms with Crippen LogP contribution in [0.4, 0.5) is 0 Å². The highest BCUT2D eigenvalue weighted by Crippen LogP contribution is 2.25. The first-order chi connectivity index (χ1) is 10.1. The van der Waals surface area contributed by atoms with E-state index in [2.05, 4.69) is 5.32 Å². The van der Waals surface area contributed by atoms with Gasteiger partial charge in [-0.2, -0.15) is 0 Å². The third-order valence-corrected chi connectivity index (χ3v) is 3.59. The first kappa shape index (κ1) is 15.5. The lowest BCUT2D eigenvalue weighted by Gasteiger charge is -2.14. The molecule has 0 aliphatic rings. The van der Waals surface area contributed by atoms with E-state index >= 15 is 0 Å². The first-order valence-corrected chi connectivity index (χ1v) is 7.26. The third-order valence-electron chi connectivity index (χ3n) is 3.26. The van der Waals surface area contributed by atoms with E-state index in [1.807, 2.05) is 43.3 Å². The molecule has 0 spiro atoms. The minimum Gasteiger partial charge on any atom is -0.396 e. The molecule has 1 atom stereocenters. The molecule has 0 heterocycles. The summed E-state index contributed by atoms with van der Waals surface area (Å²) < 4.78 is 0. The Labute approximate surface area is 129 Å². The molecule has 2 aromatic rings. The molecular formula is C17H18ClNO2. The zero-order valence-electron chi connectivity index (χ0n) is 11.8. The van der Waals surface area contributed by atoms with Gasteiger partial charge in [0.05, 0.1) is 10.6 Å². The second kappa shape index (κ2) is 7.25. The van der Waals surface area contributed by atoms with Gasteiger partial charge in [0, 0.05) is 12.6 Å². The fraction of sp³-hybridized carbons (Fsp3) is 0.235. The number of benzene rings is 2. The number of amides is 1. The van der Waals surface area contributed by atoms with Crippen LogP contribution in [0.5, 0.6) is 0 Å². The van der Waals surface area contributed by atoms with Crippen LogP contribution in [0.1, 0.15) is 23.7 Å². The smallest absolute Gasteiger partial charge is 0.253 e. The van der Waals surface area contributed by atoms with Crippen LogP contribution in [0.15, 0.2) is 48.5 Å². The number of rotatable bonds is 5. The minimum absolute atomic E-state index is 0.0409. The van der Waals surface area contributed by atoms with Crippen LogP contribution in [0.2, 0.25) is 5.02 Å². The van der Waals surface area contributed by atoms with Gasteiger partial charge in [-0.3, -0.25) is 4.79 Å². The highest BCUT2D eigenvalue weighted by molar-refractivity contribution is 6.34. The van der Waals surface area contributed by atoms with Gasteiger partial charge in [-0.1, -0.05) is 48.0 Å². The Bertz CT molecular complexity index is 613. The third kappa shape index (κ3) is 4.06. The first-order valence-electron chi connectivity index (χ1n) is 6.88. The van der Waals surface area contributed by atoms with E-state index in [1.54, 1.807) is 12.1 Å². The molecule has 0 saturated heterocycles. The number of hydrogen-bond acceptors (Lipinski definition) is 2. The van der Waals surface area contributed by atoms with Crippen LogP contribution in [0, 0.1) is 0 Å². The molecule has 0 radical (unpaired) electrons. The maximum absolute atomic E-state index is 12.3. The van der Waals surface area contributed by atoms with Crippen molar-refractivity contribution in [3.63, 3.8) is 0 Å². The molecule has 0 saturated carbocycles. The molecule has 0 aliphatic carbocycles. The molecule has 110 valence electrons. The summed E-state index contributed by atoms with van der Waals surface area (Å²) in [5, 5.41) is 12.1. The number of nitrogens with one attached hydrogen (secondary N) is 1. The van der Waals surface area contributed by atoms with Crippen molar-refractivity contribution in [1.29, 1.82) is 0 Å². The molecule has 1 amide bonds. The summed E-state index contributed by atoms with van der Waals surface area (Å²) in [5.74, 6) is -0.223. The highest BCUT2D eigenvalue weighted by Gasteiger charge is 2.14. The lowest BCUT2D eigenvalue weighted by atomic mass is 10.0. The number of hydrogen-bond donors (Lipinski definition) is 2. The Kier molecular flexibility index (Phi) is 5.37. The SMILES string of the molecule is CC(CCO)NC(=O)c1cc(-c2ccccc2)ccc1Cl. The average molecular weight is 304 g/mol. The summed E-state index contributed by atoms with van der Waals surface area (Å²) in [6.45, 7) is 1.89. The molecule has 2 N–H and O–H groups in total. The van der Waals surface area contributed by atoms with Crippen molar-refractivity contribution in [3.05, 3.63) is 59.1 Å². The molecule has 2 aromatic carbocycles. The van der Waals surface area contributed by atoms with E-state index < -0.39 is 0 Å². The molecule has 3 nitrogen and oxygen atoms in total. The quantitative estimate of drug-likeness (QED) is 0.888. The summed E-state index contributed by atoms with van der Waals surface area (Å²) >= 11 is 6.13. The molecule has 0 bridgehead atoms. The summed E-state index contributed by atoms with van der Waals surface area (Å²) in [6.07, 6.45) is 0.516. The van der Waals surface area contributed by atoms with Gasteiger partial charge in [-0.25, -0.2) is 0 Å². The van der Waals surface area contributed by atoms with Crippen molar-refractivity contribution in [2.24, 2.45) is 0 Å². The van der Waals surface area contributed by atoms with E-state index in [4.69, 9.17) is 16.7 Å². The standard InChI is InChI=1S/C17H18ClNO2/c1-12(9-10-20)19-17(21)15-11-14(7-8-16(15)18)13-5-3-2-4-6-13/h2-8,11-12,20H,9-10H2,1H3,(H,19,21). The zero-order chi connectivity index (χ0) is 15.2. The number of halogens is 1. The van der Waals surface area contributed by atoms with Crippen molar-refractivity contribution in [1.82, 2.24) is 5.32 Å². The number of aliphatic hydroxyl groups excluding tert-OH is 1. The van der Waals surface area contributed by atoms with Crippen molar-refractivity contribution >= 4 is 17.5 Å². The summed E-state index contributed by atoms with van der Waals surface area (Å²) in [5.41, 5.74) is 2.43. The fourth-order valence-electron chi connectivity index (χ4n) is 2.08. The van der Waals surface area contributed by atoms with E-state index in [0.717, 1.165) is 11.1 Å². The second-order valence-electron chi connectivity index (χ2n) is 4.95. The summed E-state index contributed by atoms with van der Waals surface area (Å²) in [7, 11) is 0. The van der Waals surface area contributed by atoms with Crippen molar-refractivity contribution in [2.45, 2.75) is 19.4 Å². The summed E-state index contributed by atoms with van der Waals surface area (Å²) in [6, 6.07) is 15.1. The lowest BCUT2D eigenvalue weighted by Crippen LogP contribution is -2.33. The fourth-order valence-corrected chi connectivity index (χ4v) is 2.28. The number of aliphatic hydroxyl groups is 1. The Hall–Kier alpha value is -1.84. The molecule has 0 aromatic heterocycles. The topological polar surface area (TPSA) is 49.3 Å². The van der Waals surface area contributed by atoms with Crippen LogP contribution in [-0.4, -0.2) is 23.7 Å². The van der Waals surface area contributed by atoms with Crippen LogP contribution in [-0.2, 0) is 0 Å². The summed E-state index contributed by atoms with van der Waals surface area (Å²) in [4.78, 5) is 12.3. The zero-order valence-corrected chi connectivity index (χ0v) is 12.6. The lowest BCUT2D eigenvalue weighted by molar-refractivity contribution is 0.0934. The molecule has 4 heteroatoms. The average Bonchev–Trinajstić information content (AvgIpc) is 2.48. The molecule has 1 unspecified atom stereocenters. The van der Waals surface area contributed by atoms with Gasteiger partial charge >= 0.3 is 0 Å². The molecule has 21 heavy (non-hydrogen) atoms. The predicted molar refractivity (Wildman–Crippen MR) is 85.5 cm³/mol. The van der Waals surface area contributed by atoms with Gasteiger partial charge in [-0.15, -0.1) is 0 Å². The Balaban J connectivity index is 2.25. The van der Waals surface area contributed by atoms with Crippen LogP contribution in [0.25, 0.3) is 11.1 Å². The largest absolute Gasteiger partial charge is 0.396 e. The number of carbonyl (C=O) groups excluding carboxylic acids is 1. The van der Waals surface area contributed by atoms with Crippen molar-refractivity contribution in [2.75, 3.05) is 6.61 Å². The molecule has 0 fully saturated rings. The van der Waals surface area contributed by atoms with E-state index in [0.29, 0.717) is 17.0 Å². The Morgan fingerprint density at radius 3 is 2.57 bits per heavy atom. The Morgan fingerprint density at radius 1 is 1.19 bits per heavy atom. The van der Waals surface area contributed by atoms with Crippen LogP contribution in [0.3, 0.4) is 0 Å². The van der Waals surface area contributed by atoms with Gasteiger partial charge in [-0.05, 0) is 36.6 Å². The van der Waals surface area contributed by atoms with Crippen molar-refractivity contribution in [3.8, 4) is 11.1 Å². The highest BCUT2D eigenvalue weighted by atomic mass is 35.5. The van der Waals surface area contributed by atoms with E-state index in [-0.39, 0.29) is 18.6 Å².